The highest BCUT2D eigenvalue weighted by Crippen LogP contribution is 2.36. The van der Waals surface area contributed by atoms with Crippen LogP contribution in [0, 0.1) is 17.8 Å². The molecule has 1 saturated carbocycles. The van der Waals surface area contributed by atoms with Crippen LogP contribution in [0.25, 0.3) is 0 Å². The number of aryl methyl sites for hydroxylation is 1. The summed E-state index contributed by atoms with van der Waals surface area (Å²) >= 11 is 1.22. The Hall–Kier alpha value is -3.84. The minimum atomic E-state index is -0.801. The molecular weight excluding hydrogens is 683 g/mol. The molecule has 1 aromatic heterocycles. The van der Waals surface area contributed by atoms with E-state index in [1.54, 1.807) is 24.3 Å². The number of aromatic nitrogens is 1. The van der Waals surface area contributed by atoms with Crippen LogP contribution in [0.2, 0.25) is 0 Å². The molecule has 4 rings (SSSR count). The van der Waals surface area contributed by atoms with E-state index in [1.165, 1.54) is 25.4 Å². The maximum absolute atomic E-state index is 14.1. The molecule has 2 aliphatic rings. The van der Waals surface area contributed by atoms with Gasteiger partial charge in [0.1, 0.15) is 16.7 Å². The Bertz CT molecular complexity index is 1510. The van der Waals surface area contributed by atoms with Gasteiger partial charge < -0.3 is 25.0 Å². The van der Waals surface area contributed by atoms with E-state index in [4.69, 9.17) is 9.47 Å². The minimum absolute atomic E-state index is 0.0167. The lowest BCUT2D eigenvalue weighted by Gasteiger charge is -2.37. The van der Waals surface area contributed by atoms with Gasteiger partial charge in [-0.15, -0.1) is 11.3 Å². The van der Waals surface area contributed by atoms with Gasteiger partial charge >= 0.3 is 11.9 Å². The SMILES string of the molecule is COC(=O)[C@@H](C)C[C@H](CCc1ccccc1)NC(=O)c1csc([C@@H](C[C@H](C(C)C)N(C)C(=O)[C@@H](NC(=O)[C@H]2CCCCN2C)C2CC2)OC(C)=O)n1. The number of esters is 2. The molecule has 2 N–H and O–H groups in total. The van der Waals surface area contributed by atoms with Crippen LogP contribution in [0.15, 0.2) is 35.7 Å². The summed E-state index contributed by atoms with van der Waals surface area (Å²) in [6.07, 6.45) is 5.77. The summed E-state index contributed by atoms with van der Waals surface area (Å²) in [4.78, 5) is 74.0. The van der Waals surface area contributed by atoms with Gasteiger partial charge in [-0.2, -0.15) is 0 Å². The number of likely N-dealkylation sites (tertiary alicyclic amines) is 1. The number of hydrogen-bond donors (Lipinski definition) is 2. The van der Waals surface area contributed by atoms with Crippen molar-refractivity contribution >= 4 is 41.0 Å². The number of hydrogen-bond acceptors (Lipinski definition) is 10. The lowest BCUT2D eigenvalue weighted by molar-refractivity contribution is -0.149. The molecular formula is C39H57N5O7S. The third-order valence-corrected chi connectivity index (χ3v) is 11.3. The summed E-state index contributed by atoms with van der Waals surface area (Å²) in [7, 11) is 5.05. The number of rotatable bonds is 18. The molecule has 0 bridgehead atoms. The summed E-state index contributed by atoms with van der Waals surface area (Å²) in [5.41, 5.74) is 1.31. The van der Waals surface area contributed by atoms with Crippen molar-refractivity contribution in [3.05, 3.63) is 52.0 Å². The largest absolute Gasteiger partial charge is 0.469 e. The molecule has 52 heavy (non-hydrogen) atoms. The van der Waals surface area contributed by atoms with Crippen LogP contribution in [-0.4, -0.2) is 96.4 Å². The van der Waals surface area contributed by atoms with Crippen LogP contribution in [0.5, 0.6) is 0 Å². The Morgan fingerprint density at radius 2 is 1.73 bits per heavy atom. The second-order valence-electron chi connectivity index (χ2n) is 14.8. The summed E-state index contributed by atoms with van der Waals surface area (Å²) in [5.74, 6) is -1.83. The van der Waals surface area contributed by atoms with Gasteiger partial charge in [0.05, 0.1) is 19.1 Å². The molecule has 2 heterocycles. The number of thiazole rings is 1. The van der Waals surface area contributed by atoms with Crippen LogP contribution in [0.3, 0.4) is 0 Å². The fourth-order valence-electron chi connectivity index (χ4n) is 7.10. The van der Waals surface area contributed by atoms with E-state index < -0.39 is 29.9 Å². The molecule has 0 radical (unpaired) electrons. The van der Waals surface area contributed by atoms with Crippen molar-refractivity contribution in [1.82, 2.24) is 25.4 Å². The first-order chi connectivity index (χ1) is 24.8. The average molecular weight is 740 g/mol. The fourth-order valence-corrected chi connectivity index (χ4v) is 7.94. The van der Waals surface area contributed by atoms with Crippen molar-refractivity contribution in [2.45, 2.75) is 116 Å². The quantitative estimate of drug-likeness (QED) is 0.203. The highest BCUT2D eigenvalue weighted by molar-refractivity contribution is 7.09. The van der Waals surface area contributed by atoms with Gasteiger partial charge in [-0.3, -0.25) is 28.9 Å². The first-order valence-corrected chi connectivity index (χ1v) is 19.5. The topological polar surface area (TPSA) is 147 Å². The first kappa shape index (κ1) is 40.9. The van der Waals surface area contributed by atoms with Crippen molar-refractivity contribution in [1.29, 1.82) is 0 Å². The molecule has 12 nitrogen and oxygen atoms in total. The molecule has 13 heteroatoms. The number of benzene rings is 1. The highest BCUT2D eigenvalue weighted by Gasteiger charge is 2.42. The Balaban J connectivity index is 1.47. The van der Waals surface area contributed by atoms with Crippen molar-refractivity contribution in [3.63, 3.8) is 0 Å². The van der Waals surface area contributed by atoms with Gasteiger partial charge in [-0.25, -0.2) is 4.98 Å². The van der Waals surface area contributed by atoms with E-state index in [9.17, 15) is 24.0 Å². The van der Waals surface area contributed by atoms with Crippen LogP contribution >= 0.6 is 11.3 Å². The van der Waals surface area contributed by atoms with Crippen molar-refractivity contribution in [3.8, 4) is 0 Å². The minimum Gasteiger partial charge on any atom is -0.469 e. The van der Waals surface area contributed by atoms with E-state index in [2.05, 4.69) is 20.5 Å². The molecule has 2 aromatic rings. The molecule has 286 valence electrons. The highest BCUT2D eigenvalue weighted by atomic mass is 32.1. The van der Waals surface area contributed by atoms with Crippen LogP contribution in [0.4, 0.5) is 0 Å². The zero-order valence-electron chi connectivity index (χ0n) is 31.8. The van der Waals surface area contributed by atoms with Gasteiger partial charge in [0.2, 0.25) is 11.8 Å². The molecule has 0 unspecified atom stereocenters. The van der Waals surface area contributed by atoms with Crippen molar-refractivity contribution in [2.75, 3.05) is 27.7 Å². The zero-order valence-corrected chi connectivity index (χ0v) is 32.6. The normalized spacial score (nSPS) is 19.1. The van der Waals surface area contributed by atoms with E-state index >= 15 is 0 Å². The van der Waals surface area contributed by atoms with Crippen LogP contribution < -0.4 is 10.6 Å². The Morgan fingerprint density at radius 3 is 2.35 bits per heavy atom. The summed E-state index contributed by atoms with van der Waals surface area (Å²) in [5, 5.41) is 8.26. The fraction of sp³-hybridized carbons (Fsp3) is 0.641. The zero-order chi connectivity index (χ0) is 37.9. The van der Waals surface area contributed by atoms with E-state index in [0.717, 1.165) is 44.2 Å². The number of methoxy groups -OCH3 is 1. The lowest BCUT2D eigenvalue weighted by Crippen LogP contribution is -2.56. The number of likely N-dealkylation sites (N-methyl/N-ethyl adjacent to an activating group) is 2. The molecule has 1 aliphatic heterocycles. The van der Waals surface area contributed by atoms with E-state index in [-0.39, 0.29) is 59.9 Å². The summed E-state index contributed by atoms with van der Waals surface area (Å²) in [6, 6.07) is 8.41. The van der Waals surface area contributed by atoms with E-state index in [0.29, 0.717) is 24.3 Å². The third kappa shape index (κ3) is 11.6. The number of carbonyl (C=O) groups excluding carboxylic acids is 5. The molecule has 1 saturated heterocycles. The van der Waals surface area contributed by atoms with Crippen LogP contribution in [-0.2, 0) is 35.1 Å². The van der Waals surface area contributed by atoms with E-state index in [1.807, 2.05) is 51.2 Å². The molecule has 1 aliphatic carbocycles. The second-order valence-corrected chi connectivity index (χ2v) is 15.7. The number of ether oxygens (including phenoxy) is 2. The molecule has 3 amide bonds. The second kappa shape index (κ2) is 19.3. The van der Waals surface area contributed by atoms with Crippen LogP contribution in [0.1, 0.15) is 106 Å². The van der Waals surface area contributed by atoms with Crippen molar-refractivity contribution < 1.29 is 33.4 Å². The lowest BCUT2D eigenvalue weighted by atomic mass is 9.95. The van der Waals surface area contributed by atoms with Gasteiger partial charge in [0, 0.05) is 37.9 Å². The Kier molecular flexibility index (Phi) is 15.2. The number of nitrogens with one attached hydrogen (secondary N) is 2. The summed E-state index contributed by atoms with van der Waals surface area (Å²) < 4.78 is 10.7. The predicted octanol–water partition coefficient (Wildman–Crippen LogP) is 4.93. The first-order valence-electron chi connectivity index (χ1n) is 18.6. The maximum atomic E-state index is 14.1. The Labute approximate surface area is 312 Å². The molecule has 6 atom stereocenters. The van der Waals surface area contributed by atoms with Gasteiger partial charge in [0.15, 0.2) is 6.10 Å². The van der Waals surface area contributed by atoms with Crippen molar-refractivity contribution in [2.24, 2.45) is 17.8 Å². The monoisotopic (exact) mass is 739 g/mol. The standard InChI is InChI=1S/C39H57N5O7S/c1-24(2)32(44(6)38(48)34(28-17-18-28)42-36(47)31-15-11-12-20-43(31)5)22-33(51-26(4)45)37-41-30(23-52-37)35(46)40-29(21-25(3)39(49)50-7)19-16-27-13-9-8-10-14-27/h8-10,13-14,23-25,28-29,31-34H,11-12,15-22H2,1-7H3,(H,40,46)(H,42,47)/t25-,29-,31+,32+,33+,34-/m0/s1. The number of carbonyl (C=O) groups is 5. The molecule has 0 spiro atoms. The van der Waals surface area contributed by atoms with Gasteiger partial charge in [0.25, 0.3) is 5.91 Å². The predicted molar refractivity (Wildman–Crippen MR) is 199 cm³/mol. The molecule has 1 aromatic carbocycles. The third-order valence-electron chi connectivity index (χ3n) is 10.3. The molecule has 2 fully saturated rings. The summed E-state index contributed by atoms with van der Waals surface area (Å²) in [6.45, 7) is 7.98. The Morgan fingerprint density at radius 1 is 1.02 bits per heavy atom. The average Bonchev–Trinajstić information content (AvgIpc) is 3.84. The number of piperidine rings is 1. The maximum Gasteiger partial charge on any atom is 0.308 e. The number of amides is 3. The smallest absolute Gasteiger partial charge is 0.308 e. The van der Waals surface area contributed by atoms with Gasteiger partial charge in [-0.05, 0) is 75.9 Å². The van der Waals surface area contributed by atoms with Gasteiger partial charge in [-0.1, -0.05) is 57.5 Å². The number of nitrogens with zero attached hydrogens (tertiary/aromatic N) is 3.